The molecule has 6 nitrogen and oxygen atoms in total. The van der Waals surface area contributed by atoms with Crippen LogP contribution in [-0.2, 0) is 11.3 Å². The van der Waals surface area contributed by atoms with Crippen molar-refractivity contribution in [2.24, 2.45) is 0 Å². The topological polar surface area (TPSA) is 74.7 Å². The summed E-state index contributed by atoms with van der Waals surface area (Å²) in [6.45, 7) is 1.99. The van der Waals surface area contributed by atoms with Crippen LogP contribution in [0.15, 0.2) is 79.0 Å². The lowest BCUT2D eigenvalue weighted by molar-refractivity contribution is -0.135. The molecule has 156 valence electrons. The number of rotatable bonds is 12. The second kappa shape index (κ2) is 11.5. The molecule has 0 saturated heterocycles. The number of aromatic nitrogens is 1. The first kappa shape index (κ1) is 21.2. The summed E-state index contributed by atoms with van der Waals surface area (Å²) in [5, 5.41) is 12.5. The molecule has 2 N–H and O–H groups in total. The number of aliphatic carboxylic acids is 1. The van der Waals surface area contributed by atoms with Crippen molar-refractivity contribution in [1.82, 2.24) is 4.98 Å². The molecule has 0 bridgehead atoms. The Morgan fingerprint density at radius 1 is 0.967 bits per heavy atom. The van der Waals surface area contributed by atoms with Gasteiger partial charge in [-0.1, -0.05) is 36.4 Å². The smallest absolute Gasteiger partial charge is 0.323 e. The molecule has 6 heteroatoms. The van der Waals surface area contributed by atoms with Crippen LogP contribution >= 0.6 is 0 Å². The number of hydrogen-bond acceptors (Lipinski definition) is 5. The van der Waals surface area contributed by atoms with Crippen molar-refractivity contribution in [1.29, 1.82) is 0 Å². The van der Waals surface area contributed by atoms with Gasteiger partial charge >= 0.3 is 5.97 Å². The average Bonchev–Trinajstić information content (AvgIpc) is 2.78. The average molecular weight is 405 g/mol. The van der Waals surface area contributed by atoms with E-state index in [-0.39, 0.29) is 6.54 Å². The Bertz CT molecular complexity index is 887. The van der Waals surface area contributed by atoms with Gasteiger partial charge in [-0.2, -0.15) is 0 Å². The van der Waals surface area contributed by atoms with E-state index in [2.05, 4.69) is 10.3 Å². The molecule has 0 amide bonds. The largest absolute Gasteiger partial charge is 0.494 e. The van der Waals surface area contributed by atoms with Crippen molar-refractivity contribution in [3.63, 3.8) is 0 Å². The van der Waals surface area contributed by atoms with Gasteiger partial charge in [0.1, 0.15) is 18.1 Å². The summed E-state index contributed by atoms with van der Waals surface area (Å²) >= 11 is 0. The number of nitrogens with one attached hydrogen (secondary N) is 1. The minimum absolute atomic E-state index is 0.0468. The molecule has 3 aromatic rings. The van der Waals surface area contributed by atoms with Gasteiger partial charge in [0.25, 0.3) is 0 Å². The van der Waals surface area contributed by atoms with Gasteiger partial charge in [-0.15, -0.1) is 0 Å². The molecule has 0 fully saturated rings. The number of unbranched alkanes of at least 4 members (excludes halogenated alkanes) is 1. The van der Waals surface area contributed by atoms with Crippen LogP contribution in [0, 0.1) is 0 Å². The Kier molecular flexibility index (Phi) is 8.09. The molecule has 3 rings (SSSR count). The Labute approximate surface area is 177 Å². The molecule has 0 aliphatic heterocycles. The van der Waals surface area contributed by atoms with Crippen LogP contribution < -0.4 is 15.0 Å². The number of carboxylic acids is 1. The Morgan fingerprint density at radius 2 is 1.73 bits per heavy atom. The number of anilines is 2. The summed E-state index contributed by atoms with van der Waals surface area (Å²) in [6.07, 6.45) is 3.72. The highest BCUT2D eigenvalue weighted by molar-refractivity contribution is 5.73. The fourth-order valence-corrected chi connectivity index (χ4v) is 3.05. The zero-order valence-electron chi connectivity index (χ0n) is 16.9. The lowest BCUT2D eigenvalue weighted by Crippen LogP contribution is -2.29. The molecule has 30 heavy (non-hydrogen) atoms. The number of carbonyl (C=O) groups is 1. The van der Waals surface area contributed by atoms with Crippen LogP contribution in [0.4, 0.5) is 11.5 Å². The summed E-state index contributed by atoms with van der Waals surface area (Å²) in [5.74, 6) is 0.860. The van der Waals surface area contributed by atoms with E-state index >= 15 is 0 Å². The van der Waals surface area contributed by atoms with Gasteiger partial charge in [0.2, 0.25) is 0 Å². The SMILES string of the molecule is O=C(O)CN(Cc1ccc(OCCCCNc2ccccn2)cc1)c1ccccc1. The minimum Gasteiger partial charge on any atom is -0.494 e. The fourth-order valence-electron chi connectivity index (χ4n) is 3.05. The first-order valence-electron chi connectivity index (χ1n) is 10.1. The first-order chi connectivity index (χ1) is 14.7. The van der Waals surface area contributed by atoms with Crippen LogP contribution in [0.5, 0.6) is 5.75 Å². The number of hydrogen-bond donors (Lipinski definition) is 2. The number of nitrogens with zero attached hydrogens (tertiary/aromatic N) is 2. The van der Waals surface area contributed by atoms with Gasteiger partial charge in [0.05, 0.1) is 6.61 Å². The molecule has 0 saturated carbocycles. The predicted molar refractivity (Wildman–Crippen MR) is 119 cm³/mol. The van der Waals surface area contributed by atoms with E-state index in [1.807, 2.05) is 77.7 Å². The van der Waals surface area contributed by atoms with Crippen molar-refractivity contribution in [2.45, 2.75) is 19.4 Å². The highest BCUT2D eigenvalue weighted by Crippen LogP contribution is 2.19. The summed E-state index contributed by atoms with van der Waals surface area (Å²) in [7, 11) is 0. The maximum absolute atomic E-state index is 11.2. The van der Waals surface area contributed by atoms with Gasteiger partial charge in [0, 0.05) is 25.0 Å². The Balaban J connectivity index is 1.42. The summed E-state index contributed by atoms with van der Waals surface area (Å²) < 4.78 is 5.82. The molecule has 1 aromatic heterocycles. The summed E-state index contributed by atoms with van der Waals surface area (Å²) in [4.78, 5) is 17.3. The molecule has 2 aromatic carbocycles. The third-order valence-electron chi connectivity index (χ3n) is 4.56. The van der Waals surface area contributed by atoms with Crippen LogP contribution in [0.3, 0.4) is 0 Å². The molecular formula is C24H27N3O3. The van der Waals surface area contributed by atoms with Gasteiger partial charge in [-0.05, 0) is 54.8 Å². The molecule has 1 heterocycles. The standard InChI is InChI=1S/C24H27N3O3/c28-24(29)19-27(21-8-2-1-3-9-21)18-20-11-13-22(14-12-20)30-17-7-6-16-26-23-10-4-5-15-25-23/h1-5,8-15H,6-7,16-19H2,(H,25,26)(H,28,29). The maximum atomic E-state index is 11.2. The van der Waals surface area contributed by atoms with E-state index in [1.54, 1.807) is 6.20 Å². The highest BCUT2D eigenvalue weighted by Gasteiger charge is 2.11. The third kappa shape index (κ3) is 7.13. The number of para-hydroxylation sites is 1. The van der Waals surface area contributed by atoms with Crippen LogP contribution in [0.25, 0.3) is 0 Å². The zero-order valence-corrected chi connectivity index (χ0v) is 16.9. The van der Waals surface area contributed by atoms with Gasteiger partial charge in [-0.25, -0.2) is 4.98 Å². The van der Waals surface area contributed by atoms with Crippen LogP contribution in [-0.4, -0.2) is 35.8 Å². The van der Waals surface area contributed by atoms with E-state index in [1.165, 1.54) is 0 Å². The highest BCUT2D eigenvalue weighted by atomic mass is 16.5. The molecule has 0 atom stereocenters. The molecule has 0 aliphatic rings. The van der Waals surface area contributed by atoms with E-state index in [9.17, 15) is 9.90 Å². The fraction of sp³-hybridized carbons (Fsp3) is 0.250. The monoisotopic (exact) mass is 405 g/mol. The normalized spacial score (nSPS) is 10.4. The number of pyridine rings is 1. The van der Waals surface area contributed by atoms with Crippen molar-refractivity contribution >= 4 is 17.5 Å². The van der Waals surface area contributed by atoms with Crippen molar-refractivity contribution in [3.05, 3.63) is 84.6 Å². The van der Waals surface area contributed by atoms with E-state index in [0.717, 1.165) is 42.2 Å². The number of carboxylic acid groups (broad SMARTS) is 1. The van der Waals surface area contributed by atoms with Crippen molar-refractivity contribution in [2.75, 3.05) is 29.9 Å². The summed E-state index contributed by atoms with van der Waals surface area (Å²) in [5.41, 5.74) is 1.92. The second-order valence-electron chi connectivity index (χ2n) is 6.93. The Morgan fingerprint density at radius 3 is 2.43 bits per heavy atom. The first-order valence-corrected chi connectivity index (χ1v) is 10.1. The molecular weight excluding hydrogens is 378 g/mol. The third-order valence-corrected chi connectivity index (χ3v) is 4.56. The lowest BCUT2D eigenvalue weighted by Gasteiger charge is -2.23. The lowest BCUT2D eigenvalue weighted by atomic mass is 10.2. The van der Waals surface area contributed by atoms with E-state index in [4.69, 9.17) is 4.74 Å². The molecule has 0 spiro atoms. The molecule has 0 unspecified atom stereocenters. The van der Waals surface area contributed by atoms with Crippen molar-refractivity contribution in [3.8, 4) is 5.75 Å². The van der Waals surface area contributed by atoms with Gasteiger partial charge < -0.3 is 20.1 Å². The van der Waals surface area contributed by atoms with Gasteiger partial charge in [0.15, 0.2) is 0 Å². The minimum atomic E-state index is -0.851. The number of benzene rings is 2. The van der Waals surface area contributed by atoms with Crippen molar-refractivity contribution < 1.29 is 14.6 Å². The number of ether oxygens (including phenoxy) is 1. The Hall–Kier alpha value is -3.54. The molecule has 0 radical (unpaired) electrons. The predicted octanol–water partition coefficient (Wildman–Crippen LogP) is 4.44. The van der Waals surface area contributed by atoms with Crippen LogP contribution in [0.2, 0.25) is 0 Å². The van der Waals surface area contributed by atoms with E-state index < -0.39 is 5.97 Å². The maximum Gasteiger partial charge on any atom is 0.323 e. The quantitative estimate of drug-likeness (QED) is 0.434. The van der Waals surface area contributed by atoms with Crippen LogP contribution in [0.1, 0.15) is 18.4 Å². The second-order valence-corrected chi connectivity index (χ2v) is 6.93. The zero-order chi connectivity index (χ0) is 21.0. The van der Waals surface area contributed by atoms with E-state index in [0.29, 0.717) is 13.2 Å². The van der Waals surface area contributed by atoms with Gasteiger partial charge in [-0.3, -0.25) is 4.79 Å². The summed E-state index contributed by atoms with van der Waals surface area (Å²) in [6, 6.07) is 23.2. The molecule has 0 aliphatic carbocycles.